The highest BCUT2D eigenvalue weighted by Gasteiger charge is 2.25. The molecular formula is C11H20N2O4. The summed E-state index contributed by atoms with van der Waals surface area (Å²) in [6.45, 7) is 2.11. The predicted octanol–water partition coefficient (Wildman–Crippen LogP) is 0.574. The zero-order chi connectivity index (χ0) is 12.8. The molecule has 0 aromatic rings. The van der Waals surface area contributed by atoms with Crippen LogP contribution in [-0.2, 0) is 9.53 Å². The van der Waals surface area contributed by atoms with Crippen LogP contribution in [0.5, 0.6) is 0 Å². The van der Waals surface area contributed by atoms with Gasteiger partial charge in [0.05, 0.1) is 6.61 Å². The Morgan fingerprint density at radius 2 is 2.18 bits per heavy atom. The molecule has 3 unspecified atom stereocenters. The first kappa shape index (κ1) is 13.8. The molecular weight excluding hydrogens is 224 g/mol. The Morgan fingerprint density at radius 3 is 2.65 bits per heavy atom. The fraction of sp³-hybridized carbons (Fsp3) is 0.818. The van der Waals surface area contributed by atoms with E-state index in [-0.39, 0.29) is 12.6 Å². The Kier molecular flexibility index (Phi) is 5.21. The number of nitrogens with one attached hydrogen (secondary N) is 2. The van der Waals surface area contributed by atoms with Gasteiger partial charge in [-0.15, -0.1) is 0 Å². The van der Waals surface area contributed by atoms with Crippen molar-refractivity contribution in [2.75, 3.05) is 13.7 Å². The highest BCUT2D eigenvalue weighted by atomic mass is 16.5. The van der Waals surface area contributed by atoms with E-state index >= 15 is 0 Å². The van der Waals surface area contributed by atoms with Crippen molar-refractivity contribution in [1.29, 1.82) is 0 Å². The minimum absolute atomic E-state index is 0.0379. The lowest BCUT2D eigenvalue weighted by Gasteiger charge is -2.17. The average molecular weight is 244 g/mol. The normalized spacial score (nSPS) is 25.3. The molecule has 98 valence electrons. The van der Waals surface area contributed by atoms with E-state index in [9.17, 15) is 9.59 Å². The van der Waals surface area contributed by atoms with Crippen molar-refractivity contribution in [3.63, 3.8) is 0 Å². The van der Waals surface area contributed by atoms with E-state index in [0.29, 0.717) is 5.92 Å². The topological polar surface area (TPSA) is 87.7 Å². The summed E-state index contributed by atoms with van der Waals surface area (Å²) in [6, 6.07) is -1.28. The molecule has 1 aliphatic rings. The van der Waals surface area contributed by atoms with Crippen molar-refractivity contribution < 1.29 is 19.4 Å². The Hall–Kier alpha value is -1.30. The summed E-state index contributed by atoms with van der Waals surface area (Å²) in [7, 11) is 1.40. The third kappa shape index (κ3) is 4.60. The minimum Gasteiger partial charge on any atom is -0.480 e. The number of carbonyl (C=O) groups is 2. The van der Waals surface area contributed by atoms with E-state index in [4.69, 9.17) is 9.84 Å². The van der Waals surface area contributed by atoms with Crippen LogP contribution in [0, 0.1) is 5.92 Å². The van der Waals surface area contributed by atoms with E-state index in [0.717, 1.165) is 19.3 Å². The van der Waals surface area contributed by atoms with Gasteiger partial charge in [0.2, 0.25) is 0 Å². The molecule has 0 bridgehead atoms. The maximum atomic E-state index is 11.6. The molecule has 0 spiro atoms. The number of hydrogen-bond acceptors (Lipinski definition) is 3. The first-order chi connectivity index (χ1) is 8.02. The molecule has 17 heavy (non-hydrogen) atoms. The van der Waals surface area contributed by atoms with Crippen molar-refractivity contribution in [3.05, 3.63) is 0 Å². The second-order valence-electron chi connectivity index (χ2n) is 4.58. The smallest absolute Gasteiger partial charge is 0.328 e. The van der Waals surface area contributed by atoms with Crippen molar-refractivity contribution in [2.45, 2.75) is 38.3 Å². The van der Waals surface area contributed by atoms with Crippen LogP contribution in [0.4, 0.5) is 4.79 Å². The molecule has 0 heterocycles. The summed E-state index contributed by atoms with van der Waals surface area (Å²) in [5.41, 5.74) is 0. The second kappa shape index (κ2) is 6.44. The van der Waals surface area contributed by atoms with Crippen LogP contribution in [-0.4, -0.2) is 42.9 Å². The molecule has 0 aliphatic heterocycles. The fourth-order valence-corrected chi connectivity index (χ4v) is 2.06. The van der Waals surface area contributed by atoms with Gasteiger partial charge in [-0.25, -0.2) is 9.59 Å². The number of aliphatic carboxylic acids is 1. The SMILES string of the molecule is COCC(NC(=O)NC1CCC(C)C1)C(=O)O. The Bertz CT molecular complexity index is 283. The number of carbonyl (C=O) groups excluding carboxylic acids is 1. The molecule has 6 nitrogen and oxygen atoms in total. The lowest BCUT2D eigenvalue weighted by atomic mass is 10.1. The van der Waals surface area contributed by atoms with Gasteiger partial charge in [-0.2, -0.15) is 0 Å². The van der Waals surface area contributed by atoms with Crippen LogP contribution < -0.4 is 10.6 Å². The molecule has 1 saturated carbocycles. The number of carboxylic acids is 1. The first-order valence-corrected chi connectivity index (χ1v) is 5.81. The fourth-order valence-electron chi connectivity index (χ4n) is 2.06. The van der Waals surface area contributed by atoms with Gasteiger partial charge in [0.1, 0.15) is 0 Å². The first-order valence-electron chi connectivity index (χ1n) is 5.81. The Labute approximate surface area is 101 Å². The number of amides is 2. The molecule has 0 aromatic heterocycles. The van der Waals surface area contributed by atoms with Crippen LogP contribution in [0.25, 0.3) is 0 Å². The van der Waals surface area contributed by atoms with Crippen LogP contribution in [0.15, 0.2) is 0 Å². The summed E-state index contributed by atoms with van der Waals surface area (Å²) >= 11 is 0. The van der Waals surface area contributed by atoms with Crippen molar-refractivity contribution in [1.82, 2.24) is 10.6 Å². The van der Waals surface area contributed by atoms with E-state index in [1.165, 1.54) is 7.11 Å². The lowest BCUT2D eigenvalue weighted by molar-refractivity contribution is -0.140. The molecule has 3 atom stereocenters. The molecule has 1 fully saturated rings. The van der Waals surface area contributed by atoms with Gasteiger partial charge >= 0.3 is 12.0 Å². The van der Waals surface area contributed by atoms with Crippen molar-refractivity contribution >= 4 is 12.0 Å². The van der Waals surface area contributed by atoms with Gasteiger partial charge in [0, 0.05) is 13.2 Å². The van der Waals surface area contributed by atoms with E-state index in [2.05, 4.69) is 17.6 Å². The average Bonchev–Trinajstić information content (AvgIpc) is 2.63. The number of carboxylic acid groups (broad SMARTS) is 1. The molecule has 6 heteroatoms. The molecule has 1 rings (SSSR count). The third-order valence-corrected chi connectivity index (χ3v) is 2.97. The van der Waals surface area contributed by atoms with Crippen LogP contribution in [0.2, 0.25) is 0 Å². The summed E-state index contributed by atoms with van der Waals surface area (Å²) in [6.07, 6.45) is 3.01. The van der Waals surface area contributed by atoms with Crippen molar-refractivity contribution in [3.8, 4) is 0 Å². The van der Waals surface area contributed by atoms with Gasteiger partial charge in [0.25, 0.3) is 0 Å². The Morgan fingerprint density at radius 1 is 1.47 bits per heavy atom. The van der Waals surface area contributed by atoms with Gasteiger partial charge in [0.15, 0.2) is 6.04 Å². The van der Waals surface area contributed by atoms with Gasteiger partial charge in [-0.05, 0) is 25.2 Å². The molecule has 0 aromatic carbocycles. The standard InChI is InChI=1S/C11H20N2O4/c1-7-3-4-8(5-7)12-11(16)13-9(6-17-2)10(14)15/h7-9H,3-6H2,1-2H3,(H,14,15)(H2,12,13,16). The molecule has 0 saturated heterocycles. The monoisotopic (exact) mass is 244 g/mol. The molecule has 3 N–H and O–H groups in total. The lowest BCUT2D eigenvalue weighted by Crippen LogP contribution is -2.50. The van der Waals surface area contributed by atoms with Gasteiger partial charge < -0.3 is 20.5 Å². The highest BCUT2D eigenvalue weighted by Crippen LogP contribution is 2.24. The third-order valence-electron chi connectivity index (χ3n) is 2.97. The number of urea groups is 1. The van der Waals surface area contributed by atoms with E-state index in [1.54, 1.807) is 0 Å². The largest absolute Gasteiger partial charge is 0.480 e. The number of ether oxygens (including phenoxy) is 1. The van der Waals surface area contributed by atoms with Gasteiger partial charge in [-0.1, -0.05) is 6.92 Å². The quantitative estimate of drug-likeness (QED) is 0.660. The number of methoxy groups -OCH3 is 1. The highest BCUT2D eigenvalue weighted by molar-refractivity contribution is 5.82. The summed E-state index contributed by atoms with van der Waals surface area (Å²) in [5, 5.41) is 14.0. The molecule has 0 radical (unpaired) electrons. The molecule has 1 aliphatic carbocycles. The zero-order valence-electron chi connectivity index (χ0n) is 10.2. The zero-order valence-corrected chi connectivity index (χ0v) is 10.2. The molecule has 2 amide bonds. The van der Waals surface area contributed by atoms with Crippen LogP contribution in [0.3, 0.4) is 0 Å². The Balaban J connectivity index is 2.34. The number of hydrogen-bond donors (Lipinski definition) is 3. The maximum absolute atomic E-state index is 11.6. The maximum Gasteiger partial charge on any atom is 0.328 e. The second-order valence-corrected chi connectivity index (χ2v) is 4.58. The predicted molar refractivity (Wildman–Crippen MR) is 61.8 cm³/mol. The van der Waals surface area contributed by atoms with Gasteiger partial charge in [-0.3, -0.25) is 0 Å². The minimum atomic E-state index is -1.10. The van der Waals surface area contributed by atoms with E-state index in [1.807, 2.05) is 0 Å². The van der Waals surface area contributed by atoms with Crippen molar-refractivity contribution in [2.24, 2.45) is 5.92 Å². The summed E-state index contributed by atoms with van der Waals surface area (Å²) in [5.74, 6) is -0.476. The summed E-state index contributed by atoms with van der Waals surface area (Å²) in [4.78, 5) is 22.3. The van der Waals surface area contributed by atoms with Crippen LogP contribution >= 0.6 is 0 Å². The van der Waals surface area contributed by atoms with Crippen LogP contribution in [0.1, 0.15) is 26.2 Å². The summed E-state index contributed by atoms with van der Waals surface area (Å²) < 4.78 is 4.73. The number of rotatable bonds is 5. The van der Waals surface area contributed by atoms with E-state index < -0.39 is 18.0 Å².